The molecule has 0 atom stereocenters. The number of amidine groups is 1. The number of halogens is 1. The number of carbonyl (C=O) groups is 2. The molecule has 5 nitrogen and oxygen atoms in total. The van der Waals surface area contributed by atoms with Gasteiger partial charge in [0.05, 0.1) is 0 Å². The van der Waals surface area contributed by atoms with Gasteiger partial charge >= 0.3 is 5.97 Å². The predicted octanol–water partition coefficient (Wildman–Crippen LogP) is 0.882. The summed E-state index contributed by atoms with van der Waals surface area (Å²) in [5, 5.41) is 8.48. The minimum atomic E-state index is -1.10. The highest BCUT2D eigenvalue weighted by Crippen LogP contribution is 1.98. The van der Waals surface area contributed by atoms with Crippen molar-refractivity contribution < 1.29 is 14.7 Å². The first-order chi connectivity index (χ1) is 6.02. The van der Waals surface area contributed by atoms with Crippen LogP contribution in [0.1, 0.15) is 20.3 Å². The zero-order valence-electron chi connectivity index (χ0n) is 7.45. The summed E-state index contributed by atoms with van der Waals surface area (Å²) in [7, 11) is 0. The molecule has 0 unspecified atom stereocenters. The van der Waals surface area contributed by atoms with Crippen LogP contribution >= 0.6 is 11.8 Å². The Morgan fingerprint density at radius 1 is 1.54 bits per heavy atom. The third-order valence-electron chi connectivity index (χ3n) is 1.41. The number of carbonyl (C=O) groups excluding carboxylic acids is 1. The van der Waals surface area contributed by atoms with Gasteiger partial charge < -0.3 is 5.11 Å². The van der Waals surface area contributed by atoms with Crippen LogP contribution in [0.3, 0.4) is 0 Å². The van der Waals surface area contributed by atoms with Crippen molar-refractivity contribution in [3.8, 4) is 0 Å². The summed E-state index contributed by atoms with van der Waals surface area (Å²) >= 11 is 5.13. The molecule has 1 amide bonds. The van der Waals surface area contributed by atoms with Crippen molar-refractivity contribution in [1.82, 2.24) is 4.90 Å². The van der Waals surface area contributed by atoms with Crippen molar-refractivity contribution in [2.75, 3.05) is 6.54 Å². The predicted molar refractivity (Wildman–Crippen MR) is 48.6 cm³/mol. The van der Waals surface area contributed by atoms with E-state index in [1.54, 1.807) is 6.92 Å². The normalized spacial score (nSPS) is 11.2. The van der Waals surface area contributed by atoms with E-state index in [0.717, 1.165) is 4.90 Å². The lowest BCUT2D eigenvalue weighted by molar-refractivity contribution is -0.141. The van der Waals surface area contributed by atoms with Crippen LogP contribution in [-0.2, 0) is 9.59 Å². The molecule has 13 heavy (non-hydrogen) atoms. The average molecular weight is 207 g/mol. The highest BCUT2D eigenvalue weighted by atomic mass is 35.5. The zero-order valence-corrected chi connectivity index (χ0v) is 8.21. The van der Waals surface area contributed by atoms with E-state index in [4.69, 9.17) is 16.9 Å². The Morgan fingerprint density at radius 2 is 2.08 bits per heavy atom. The summed E-state index contributed by atoms with van der Waals surface area (Å²) in [5.41, 5.74) is 0. The second-order valence-electron chi connectivity index (χ2n) is 2.36. The fraction of sp³-hybridized carbons (Fsp3) is 0.571. The second kappa shape index (κ2) is 5.53. The van der Waals surface area contributed by atoms with E-state index >= 15 is 0 Å². The minimum absolute atomic E-state index is 0.191. The molecule has 0 aliphatic heterocycles. The molecule has 0 spiro atoms. The maximum Gasteiger partial charge on any atom is 0.323 e. The van der Waals surface area contributed by atoms with Gasteiger partial charge in [-0.15, -0.1) is 0 Å². The lowest BCUT2D eigenvalue weighted by Gasteiger charge is -2.18. The van der Waals surface area contributed by atoms with Crippen LogP contribution in [0, 0.1) is 0 Å². The molecular weight excluding hydrogens is 196 g/mol. The maximum absolute atomic E-state index is 11.2. The number of amides is 1. The summed E-state index contributed by atoms with van der Waals surface area (Å²) in [6.45, 7) is 2.71. The molecule has 0 aromatic heterocycles. The molecule has 0 bridgehead atoms. The maximum atomic E-state index is 11.2. The molecule has 0 heterocycles. The topological polar surface area (TPSA) is 70.0 Å². The Labute approximate surface area is 81.1 Å². The van der Waals surface area contributed by atoms with Gasteiger partial charge in [-0.3, -0.25) is 14.5 Å². The molecule has 0 aliphatic rings. The first kappa shape index (κ1) is 11.9. The van der Waals surface area contributed by atoms with E-state index < -0.39 is 12.5 Å². The average Bonchev–Trinajstić information content (AvgIpc) is 2.11. The Bertz CT molecular complexity index is 240. The van der Waals surface area contributed by atoms with Crippen LogP contribution in [0.5, 0.6) is 0 Å². The van der Waals surface area contributed by atoms with Gasteiger partial charge in [-0.05, 0) is 6.92 Å². The summed E-state index contributed by atoms with van der Waals surface area (Å²) < 4.78 is 3.24. The van der Waals surface area contributed by atoms with E-state index in [1.165, 1.54) is 6.92 Å². The standard InChI is InChI=1S/C7H11ClN2O3/c1-3-6(11)10(4-7(12)13)5(2)9-8/h3-4H2,1-2H3,(H,12,13). The van der Waals surface area contributed by atoms with Crippen LogP contribution in [0.15, 0.2) is 4.51 Å². The van der Waals surface area contributed by atoms with Crippen LogP contribution < -0.4 is 0 Å². The number of carboxylic acid groups (broad SMARTS) is 1. The van der Waals surface area contributed by atoms with Crippen LogP contribution in [-0.4, -0.2) is 34.3 Å². The van der Waals surface area contributed by atoms with E-state index in [0.29, 0.717) is 0 Å². The largest absolute Gasteiger partial charge is 0.480 e. The van der Waals surface area contributed by atoms with Crippen molar-refractivity contribution in [3.63, 3.8) is 0 Å². The molecule has 6 heteroatoms. The van der Waals surface area contributed by atoms with E-state index in [9.17, 15) is 9.59 Å². The molecule has 0 fully saturated rings. The minimum Gasteiger partial charge on any atom is -0.480 e. The summed E-state index contributed by atoms with van der Waals surface area (Å²) in [6, 6.07) is 0. The Morgan fingerprint density at radius 3 is 2.38 bits per heavy atom. The fourth-order valence-corrected chi connectivity index (χ4v) is 0.846. The summed E-state index contributed by atoms with van der Waals surface area (Å²) in [6.07, 6.45) is 0.219. The number of carboxylic acids is 1. The van der Waals surface area contributed by atoms with Gasteiger partial charge in [0.2, 0.25) is 5.91 Å². The molecule has 74 valence electrons. The molecule has 0 rings (SSSR count). The molecular formula is C7H11ClN2O3. The van der Waals surface area contributed by atoms with E-state index in [2.05, 4.69) is 4.51 Å². The van der Waals surface area contributed by atoms with Gasteiger partial charge in [0.1, 0.15) is 12.4 Å². The number of nitrogens with zero attached hydrogens (tertiary/aromatic N) is 2. The van der Waals surface area contributed by atoms with Crippen molar-refractivity contribution in [3.05, 3.63) is 0 Å². The number of hydrogen-bond donors (Lipinski definition) is 1. The van der Waals surface area contributed by atoms with Gasteiger partial charge in [0, 0.05) is 18.2 Å². The van der Waals surface area contributed by atoms with Crippen LogP contribution in [0.25, 0.3) is 0 Å². The van der Waals surface area contributed by atoms with Crippen molar-refractivity contribution in [2.24, 2.45) is 4.51 Å². The summed E-state index contributed by atoms with van der Waals surface area (Å²) in [4.78, 5) is 22.6. The van der Waals surface area contributed by atoms with E-state index in [-0.39, 0.29) is 18.2 Å². The first-order valence-corrected chi connectivity index (χ1v) is 4.04. The van der Waals surface area contributed by atoms with Gasteiger partial charge in [-0.1, -0.05) is 6.92 Å². The highest BCUT2D eigenvalue weighted by Gasteiger charge is 2.17. The third kappa shape index (κ3) is 3.89. The van der Waals surface area contributed by atoms with Gasteiger partial charge in [0.25, 0.3) is 0 Å². The monoisotopic (exact) mass is 206 g/mol. The third-order valence-corrected chi connectivity index (χ3v) is 1.65. The number of hydrogen-bond acceptors (Lipinski definition) is 3. The van der Waals surface area contributed by atoms with Gasteiger partial charge in [-0.2, -0.15) is 4.51 Å². The lowest BCUT2D eigenvalue weighted by atomic mass is 10.3. The van der Waals surface area contributed by atoms with Gasteiger partial charge in [-0.25, -0.2) is 0 Å². The molecule has 0 aromatic carbocycles. The fourth-order valence-electron chi connectivity index (χ4n) is 0.755. The molecule has 0 radical (unpaired) electrons. The Kier molecular flexibility index (Phi) is 5.06. The zero-order chi connectivity index (χ0) is 10.4. The van der Waals surface area contributed by atoms with Crippen molar-refractivity contribution in [2.45, 2.75) is 20.3 Å². The first-order valence-electron chi connectivity index (χ1n) is 3.70. The van der Waals surface area contributed by atoms with Crippen LogP contribution in [0.4, 0.5) is 0 Å². The number of rotatable bonds is 3. The number of aliphatic carboxylic acids is 1. The lowest BCUT2D eigenvalue weighted by Crippen LogP contribution is -2.38. The van der Waals surface area contributed by atoms with E-state index in [1.807, 2.05) is 0 Å². The molecule has 1 N–H and O–H groups in total. The smallest absolute Gasteiger partial charge is 0.323 e. The quantitative estimate of drug-likeness (QED) is 0.551. The van der Waals surface area contributed by atoms with Crippen molar-refractivity contribution >= 4 is 29.5 Å². The Hall–Kier alpha value is -1.10. The second-order valence-corrected chi connectivity index (χ2v) is 2.53. The van der Waals surface area contributed by atoms with Gasteiger partial charge in [0.15, 0.2) is 0 Å². The SMILES string of the molecule is CCC(=O)N(CC(=O)O)C(C)=NCl. The summed E-state index contributed by atoms with van der Waals surface area (Å²) in [5.74, 6) is -1.22. The molecule has 0 aromatic rings. The van der Waals surface area contributed by atoms with Crippen LogP contribution in [0.2, 0.25) is 0 Å². The van der Waals surface area contributed by atoms with Crippen molar-refractivity contribution in [1.29, 1.82) is 0 Å². The molecule has 0 saturated carbocycles. The highest BCUT2D eigenvalue weighted by molar-refractivity contribution is 6.20. The molecule has 0 aliphatic carbocycles. The molecule has 0 saturated heterocycles. The Balaban J connectivity index is 4.55.